The van der Waals surface area contributed by atoms with Crippen LogP contribution in [0.25, 0.3) is 0 Å². The van der Waals surface area contributed by atoms with E-state index in [4.69, 9.17) is 4.74 Å². The van der Waals surface area contributed by atoms with E-state index in [0.717, 1.165) is 42.9 Å². The minimum Gasteiger partial charge on any atom is -0.379 e. The molecule has 0 aliphatic carbocycles. The lowest BCUT2D eigenvalue weighted by atomic mass is 10.1. The Kier molecular flexibility index (Phi) is 7.11. The van der Waals surface area contributed by atoms with Crippen LogP contribution in [0.1, 0.15) is 27.0 Å². The maximum atomic E-state index is 12.5. The number of carbonyl (C=O) groups excluding carboxylic acids is 1. The summed E-state index contributed by atoms with van der Waals surface area (Å²) in [5.74, 6) is 0.659. The molecule has 1 amide bonds. The molecule has 2 aromatic carbocycles. The minimum atomic E-state index is -0.167. The smallest absolute Gasteiger partial charge is 0.257 e. The van der Waals surface area contributed by atoms with Crippen molar-refractivity contribution in [3.05, 3.63) is 70.8 Å². The highest BCUT2D eigenvalue weighted by Gasteiger charge is 2.13. The van der Waals surface area contributed by atoms with E-state index in [1.807, 2.05) is 24.3 Å². The monoisotopic (exact) mass is 440 g/mol. The molecule has 0 saturated carbocycles. The number of aryl methyl sites for hydroxylation is 1. The molecule has 0 atom stereocenters. The van der Waals surface area contributed by atoms with E-state index in [-0.39, 0.29) is 5.91 Å². The summed E-state index contributed by atoms with van der Waals surface area (Å²) in [6.07, 6.45) is 0. The number of hydrogen-bond donors (Lipinski definition) is 1. The Labute approximate surface area is 184 Å². The molecule has 0 unspecified atom stereocenters. The topological polar surface area (TPSA) is 67.4 Å². The highest BCUT2D eigenvalue weighted by atomic mass is 32.2. The van der Waals surface area contributed by atoms with Crippen molar-refractivity contribution in [2.75, 3.05) is 31.6 Å². The van der Waals surface area contributed by atoms with E-state index in [9.17, 15) is 4.79 Å². The first-order chi connectivity index (χ1) is 14.7. The number of nitrogens with one attached hydrogen (secondary N) is 1. The first-order valence-electron chi connectivity index (χ1n) is 9.88. The Morgan fingerprint density at radius 3 is 2.50 bits per heavy atom. The minimum absolute atomic E-state index is 0.167. The summed E-state index contributed by atoms with van der Waals surface area (Å²) in [7, 11) is 0. The van der Waals surface area contributed by atoms with Gasteiger partial charge in [0.15, 0.2) is 4.34 Å². The van der Waals surface area contributed by atoms with Gasteiger partial charge in [0.2, 0.25) is 5.13 Å². The third-order valence-corrected chi connectivity index (χ3v) is 6.88. The number of ether oxygens (including phenoxy) is 1. The molecule has 0 spiro atoms. The van der Waals surface area contributed by atoms with Gasteiger partial charge in [0.05, 0.1) is 13.2 Å². The fourth-order valence-electron chi connectivity index (χ4n) is 3.10. The van der Waals surface area contributed by atoms with Crippen molar-refractivity contribution >= 4 is 34.1 Å². The summed E-state index contributed by atoms with van der Waals surface area (Å²) in [6, 6.07) is 16.2. The maximum absolute atomic E-state index is 12.5. The third-order valence-electron chi connectivity index (χ3n) is 4.84. The molecule has 4 rings (SSSR count). The summed E-state index contributed by atoms with van der Waals surface area (Å²) in [6.45, 7) is 6.42. The van der Waals surface area contributed by atoms with Crippen molar-refractivity contribution in [2.24, 2.45) is 0 Å². The van der Waals surface area contributed by atoms with Gasteiger partial charge in [-0.15, -0.1) is 10.2 Å². The fraction of sp³-hybridized carbons (Fsp3) is 0.318. The zero-order valence-corrected chi connectivity index (χ0v) is 18.5. The molecule has 1 aliphatic heterocycles. The van der Waals surface area contributed by atoms with Gasteiger partial charge < -0.3 is 4.74 Å². The van der Waals surface area contributed by atoms with Gasteiger partial charge in [-0.05, 0) is 30.2 Å². The third kappa shape index (κ3) is 5.89. The summed E-state index contributed by atoms with van der Waals surface area (Å²) in [5, 5.41) is 11.6. The SMILES string of the molecule is Cc1ccc(CSc2nnc(NC(=O)c3ccc(CN4CCOCC4)cc3)s2)cc1. The number of hydrogen-bond acceptors (Lipinski definition) is 7. The average Bonchev–Trinajstić information content (AvgIpc) is 3.22. The van der Waals surface area contributed by atoms with Gasteiger partial charge >= 0.3 is 0 Å². The lowest BCUT2D eigenvalue weighted by molar-refractivity contribution is 0.0342. The van der Waals surface area contributed by atoms with Crippen LogP contribution < -0.4 is 5.32 Å². The molecule has 8 heteroatoms. The number of morpholine rings is 1. The van der Waals surface area contributed by atoms with Crippen LogP contribution in [0.5, 0.6) is 0 Å². The van der Waals surface area contributed by atoms with Gasteiger partial charge in [-0.3, -0.25) is 15.0 Å². The molecular formula is C22H24N4O2S2. The lowest BCUT2D eigenvalue weighted by Gasteiger charge is -2.26. The van der Waals surface area contributed by atoms with Crippen molar-refractivity contribution in [2.45, 2.75) is 23.6 Å². The highest BCUT2D eigenvalue weighted by molar-refractivity contribution is 8.00. The quantitative estimate of drug-likeness (QED) is 0.438. The van der Waals surface area contributed by atoms with Crippen molar-refractivity contribution < 1.29 is 9.53 Å². The first-order valence-corrected chi connectivity index (χ1v) is 11.7. The van der Waals surface area contributed by atoms with E-state index in [2.05, 4.69) is 51.6 Å². The standard InChI is InChI=1S/C22H24N4O2S2/c1-16-2-4-18(5-3-16)15-29-22-25-24-21(30-22)23-20(27)19-8-6-17(7-9-19)14-26-10-12-28-13-11-26/h2-9H,10-15H2,1H3,(H,23,24,27). The molecule has 0 radical (unpaired) electrons. The van der Waals surface area contributed by atoms with E-state index >= 15 is 0 Å². The Morgan fingerprint density at radius 1 is 1.07 bits per heavy atom. The van der Waals surface area contributed by atoms with E-state index in [1.165, 1.54) is 28.0 Å². The van der Waals surface area contributed by atoms with Crippen molar-refractivity contribution in [1.29, 1.82) is 0 Å². The molecule has 156 valence electrons. The second kappa shape index (κ2) is 10.2. The predicted octanol–water partition coefficient (Wildman–Crippen LogP) is 4.22. The number of aromatic nitrogens is 2. The van der Waals surface area contributed by atoms with Crippen LogP contribution in [0.15, 0.2) is 52.9 Å². The molecular weight excluding hydrogens is 416 g/mol. The fourth-order valence-corrected chi connectivity index (χ4v) is 4.80. The van der Waals surface area contributed by atoms with Crippen molar-refractivity contribution in [3.63, 3.8) is 0 Å². The Hall–Kier alpha value is -2.26. The van der Waals surface area contributed by atoms with Crippen LogP contribution >= 0.6 is 23.1 Å². The summed E-state index contributed by atoms with van der Waals surface area (Å²) >= 11 is 3.02. The van der Waals surface area contributed by atoms with Crippen LogP contribution in [-0.2, 0) is 17.0 Å². The molecule has 1 aliphatic rings. The number of amides is 1. The Balaban J connectivity index is 1.28. The van der Waals surface area contributed by atoms with Crippen LogP contribution in [0.3, 0.4) is 0 Å². The van der Waals surface area contributed by atoms with Crippen LogP contribution in [0, 0.1) is 6.92 Å². The zero-order valence-electron chi connectivity index (χ0n) is 16.8. The zero-order chi connectivity index (χ0) is 20.8. The van der Waals surface area contributed by atoms with E-state index < -0.39 is 0 Å². The van der Waals surface area contributed by atoms with Gasteiger partial charge in [-0.1, -0.05) is 65.1 Å². The normalized spacial score (nSPS) is 14.6. The summed E-state index contributed by atoms with van der Waals surface area (Å²) in [5.41, 5.74) is 4.30. The van der Waals surface area contributed by atoms with Crippen LogP contribution in [-0.4, -0.2) is 47.3 Å². The number of rotatable bonds is 7. The second-order valence-electron chi connectivity index (χ2n) is 7.19. The molecule has 3 aromatic rings. The van der Waals surface area contributed by atoms with Crippen LogP contribution in [0.4, 0.5) is 5.13 Å². The molecule has 1 N–H and O–H groups in total. The Morgan fingerprint density at radius 2 is 1.77 bits per heavy atom. The van der Waals surface area contributed by atoms with Crippen molar-refractivity contribution in [1.82, 2.24) is 15.1 Å². The molecule has 1 saturated heterocycles. The van der Waals surface area contributed by atoms with Gasteiger partial charge in [0.25, 0.3) is 5.91 Å². The lowest BCUT2D eigenvalue weighted by Crippen LogP contribution is -2.35. The largest absolute Gasteiger partial charge is 0.379 e. The number of nitrogens with zero attached hydrogens (tertiary/aromatic N) is 3. The molecule has 2 heterocycles. The van der Waals surface area contributed by atoms with E-state index in [0.29, 0.717) is 10.7 Å². The number of anilines is 1. The van der Waals surface area contributed by atoms with Gasteiger partial charge in [0.1, 0.15) is 0 Å². The molecule has 30 heavy (non-hydrogen) atoms. The van der Waals surface area contributed by atoms with Crippen LogP contribution in [0.2, 0.25) is 0 Å². The maximum Gasteiger partial charge on any atom is 0.257 e. The van der Waals surface area contributed by atoms with Gasteiger partial charge in [-0.25, -0.2) is 0 Å². The predicted molar refractivity (Wildman–Crippen MR) is 121 cm³/mol. The summed E-state index contributed by atoms with van der Waals surface area (Å²) in [4.78, 5) is 14.9. The van der Waals surface area contributed by atoms with Gasteiger partial charge in [0, 0.05) is 31.0 Å². The number of benzene rings is 2. The number of carbonyl (C=O) groups is 1. The molecule has 0 bridgehead atoms. The average molecular weight is 441 g/mol. The highest BCUT2D eigenvalue weighted by Crippen LogP contribution is 2.28. The second-order valence-corrected chi connectivity index (χ2v) is 9.39. The molecule has 1 aromatic heterocycles. The Bertz CT molecular complexity index is 968. The van der Waals surface area contributed by atoms with Gasteiger partial charge in [-0.2, -0.15) is 0 Å². The molecule has 1 fully saturated rings. The van der Waals surface area contributed by atoms with E-state index in [1.54, 1.807) is 11.8 Å². The number of thioether (sulfide) groups is 1. The molecule has 6 nitrogen and oxygen atoms in total. The van der Waals surface area contributed by atoms with Crippen molar-refractivity contribution in [3.8, 4) is 0 Å². The first kappa shape index (κ1) is 21.0. The summed E-state index contributed by atoms with van der Waals surface area (Å²) < 4.78 is 6.22.